The third-order valence-electron chi connectivity index (χ3n) is 3.42. The molecule has 3 nitrogen and oxygen atoms in total. The van der Waals surface area contributed by atoms with Gasteiger partial charge in [0.05, 0.1) is 5.54 Å². The summed E-state index contributed by atoms with van der Waals surface area (Å²) < 4.78 is 0. The quantitative estimate of drug-likeness (QED) is 0.745. The topological polar surface area (TPSA) is 32.3 Å². The van der Waals surface area contributed by atoms with E-state index in [1.807, 2.05) is 13.8 Å². The van der Waals surface area contributed by atoms with Crippen LogP contribution in [0.1, 0.15) is 53.9 Å². The van der Waals surface area contributed by atoms with Crippen LogP contribution in [0.15, 0.2) is 0 Å². The molecule has 0 spiro atoms. The number of unbranched alkanes of at least 4 members (excludes halogenated alkanes) is 2. The molecule has 0 atom stereocenters. The van der Waals surface area contributed by atoms with Crippen LogP contribution in [0.5, 0.6) is 0 Å². The van der Waals surface area contributed by atoms with Gasteiger partial charge in [0.25, 0.3) is 0 Å². The number of amides is 1. The highest BCUT2D eigenvalue weighted by Crippen LogP contribution is 2.24. The molecule has 0 aliphatic carbocycles. The lowest BCUT2D eigenvalue weighted by Crippen LogP contribution is -2.69. The molecule has 94 valence electrons. The van der Waals surface area contributed by atoms with Crippen LogP contribution in [-0.2, 0) is 4.79 Å². The first-order valence-electron chi connectivity index (χ1n) is 6.37. The van der Waals surface area contributed by atoms with Gasteiger partial charge in [-0.25, -0.2) is 0 Å². The summed E-state index contributed by atoms with van der Waals surface area (Å²) in [6.07, 6.45) is 3.65. The maximum absolute atomic E-state index is 12.0. The Morgan fingerprint density at radius 1 is 1.25 bits per heavy atom. The molecule has 1 heterocycles. The van der Waals surface area contributed by atoms with Gasteiger partial charge in [-0.3, -0.25) is 9.69 Å². The van der Waals surface area contributed by atoms with Crippen molar-refractivity contribution in [1.82, 2.24) is 10.2 Å². The average molecular weight is 226 g/mol. The van der Waals surface area contributed by atoms with E-state index in [0.29, 0.717) is 0 Å². The first-order chi connectivity index (χ1) is 7.29. The molecule has 0 aromatic heterocycles. The summed E-state index contributed by atoms with van der Waals surface area (Å²) in [7, 11) is 0. The summed E-state index contributed by atoms with van der Waals surface area (Å²) in [6.45, 7) is 12.4. The van der Waals surface area contributed by atoms with Gasteiger partial charge in [-0.15, -0.1) is 0 Å². The van der Waals surface area contributed by atoms with Gasteiger partial charge in [0.15, 0.2) is 0 Å². The lowest BCUT2D eigenvalue weighted by molar-refractivity contribution is -0.139. The summed E-state index contributed by atoms with van der Waals surface area (Å²) in [6, 6.07) is 0. The van der Waals surface area contributed by atoms with E-state index >= 15 is 0 Å². The molecule has 1 aliphatic rings. The monoisotopic (exact) mass is 226 g/mol. The van der Waals surface area contributed by atoms with Crippen molar-refractivity contribution in [3.63, 3.8) is 0 Å². The Bertz CT molecular complexity index is 259. The lowest BCUT2D eigenvalue weighted by atomic mass is 9.90. The maximum atomic E-state index is 12.0. The van der Waals surface area contributed by atoms with Crippen molar-refractivity contribution in [3.8, 4) is 0 Å². The zero-order valence-electron chi connectivity index (χ0n) is 11.4. The first kappa shape index (κ1) is 13.5. The number of nitrogens with zero attached hydrogens (tertiary/aromatic N) is 1. The number of hydrogen-bond donors (Lipinski definition) is 1. The molecule has 0 aromatic rings. The van der Waals surface area contributed by atoms with Gasteiger partial charge in [-0.1, -0.05) is 19.8 Å². The minimum absolute atomic E-state index is 0.0984. The fourth-order valence-electron chi connectivity index (χ4n) is 2.23. The van der Waals surface area contributed by atoms with E-state index in [1.54, 1.807) is 0 Å². The molecule has 1 aliphatic heterocycles. The maximum Gasteiger partial charge on any atom is 0.240 e. The van der Waals surface area contributed by atoms with E-state index in [4.69, 9.17) is 0 Å². The van der Waals surface area contributed by atoms with Crippen LogP contribution in [0.3, 0.4) is 0 Å². The highest BCUT2D eigenvalue weighted by Gasteiger charge is 2.43. The first-order valence-corrected chi connectivity index (χ1v) is 6.37. The Labute approximate surface area is 99.6 Å². The zero-order chi connectivity index (χ0) is 12.4. The molecule has 3 heteroatoms. The van der Waals surface area contributed by atoms with E-state index < -0.39 is 0 Å². The summed E-state index contributed by atoms with van der Waals surface area (Å²) in [5, 5.41) is 3.09. The molecular formula is C13H26N2O. The largest absolute Gasteiger partial charge is 0.348 e. The van der Waals surface area contributed by atoms with Gasteiger partial charge in [0, 0.05) is 12.1 Å². The number of carbonyl (C=O) groups excluding carboxylic acids is 1. The number of carbonyl (C=O) groups is 1. The lowest BCUT2D eigenvalue weighted by Gasteiger charge is -2.48. The van der Waals surface area contributed by atoms with Crippen LogP contribution in [0, 0.1) is 0 Å². The van der Waals surface area contributed by atoms with Crippen LogP contribution in [0.25, 0.3) is 0 Å². The van der Waals surface area contributed by atoms with Crippen LogP contribution in [0.4, 0.5) is 0 Å². The zero-order valence-corrected chi connectivity index (χ0v) is 11.4. The van der Waals surface area contributed by atoms with Crippen molar-refractivity contribution in [3.05, 3.63) is 0 Å². The highest BCUT2D eigenvalue weighted by molar-refractivity contribution is 5.86. The number of rotatable bonds is 4. The predicted molar refractivity (Wildman–Crippen MR) is 67.4 cm³/mol. The Balaban J connectivity index is 2.67. The second-order valence-electron chi connectivity index (χ2n) is 6.03. The number of piperazine rings is 1. The molecule has 0 radical (unpaired) electrons. The van der Waals surface area contributed by atoms with Crippen LogP contribution in [0.2, 0.25) is 0 Å². The highest BCUT2D eigenvalue weighted by atomic mass is 16.2. The molecule has 1 N–H and O–H groups in total. The molecule has 1 amide bonds. The van der Waals surface area contributed by atoms with Crippen LogP contribution < -0.4 is 5.32 Å². The predicted octanol–water partition coefficient (Wildman–Crippen LogP) is 2.17. The van der Waals surface area contributed by atoms with Crippen molar-refractivity contribution < 1.29 is 4.79 Å². The molecule has 0 unspecified atom stereocenters. The van der Waals surface area contributed by atoms with E-state index in [9.17, 15) is 4.79 Å². The molecule has 1 fully saturated rings. The summed E-state index contributed by atoms with van der Waals surface area (Å²) >= 11 is 0. The third-order valence-corrected chi connectivity index (χ3v) is 3.42. The number of hydrogen-bond acceptors (Lipinski definition) is 2. The Kier molecular flexibility index (Phi) is 4.00. The van der Waals surface area contributed by atoms with Crippen molar-refractivity contribution in [2.24, 2.45) is 0 Å². The molecular weight excluding hydrogens is 200 g/mol. The van der Waals surface area contributed by atoms with Crippen molar-refractivity contribution in [2.45, 2.75) is 65.0 Å². The Hall–Kier alpha value is -0.570. The molecule has 0 aromatic carbocycles. The second-order valence-corrected chi connectivity index (χ2v) is 6.03. The molecule has 0 saturated carbocycles. The van der Waals surface area contributed by atoms with Crippen molar-refractivity contribution in [1.29, 1.82) is 0 Å². The van der Waals surface area contributed by atoms with Gasteiger partial charge < -0.3 is 5.32 Å². The summed E-state index contributed by atoms with van der Waals surface area (Å²) in [5.74, 6) is 0.153. The summed E-state index contributed by atoms with van der Waals surface area (Å²) in [5.41, 5.74) is -0.456. The molecule has 1 rings (SSSR count). The summed E-state index contributed by atoms with van der Waals surface area (Å²) in [4.78, 5) is 14.3. The average Bonchev–Trinajstić information content (AvgIpc) is 2.13. The van der Waals surface area contributed by atoms with Crippen molar-refractivity contribution >= 4 is 5.91 Å². The van der Waals surface area contributed by atoms with E-state index in [0.717, 1.165) is 13.1 Å². The van der Waals surface area contributed by atoms with Gasteiger partial charge in [0.1, 0.15) is 0 Å². The van der Waals surface area contributed by atoms with E-state index in [2.05, 4.69) is 31.0 Å². The third kappa shape index (κ3) is 2.97. The smallest absolute Gasteiger partial charge is 0.240 e. The van der Waals surface area contributed by atoms with Crippen molar-refractivity contribution in [2.75, 3.05) is 13.1 Å². The van der Waals surface area contributed by atoms with Gasteiger partial charge >= 0.3 is 0 Å². The van der Waals surface area contributed by atoms with Crippen LogP contribution in [-0.4, -0.2) is 35.0 Å². The second kappa shape index (κ2) is 4.74. The fourth-order valence-corrected chi connectivity index (χ4v) is 2.23. The molecule has 1 saturated heterocycles. The SMILES string of the molecule is CCCCCN1CC(C)(C)NC(=O)C1(C)C. The van der Waals surface area contributed by atoms with Crippen LogP contribution >= 0.6 is 0 Å². The van der Waals surface area contributed by atoms with Gasteiger partial charge in [0.2, 0.25) is 5.91 Å². The van der Waals surface area contributed by atoms with Gasteiger partial charge in [-0.2, -0.15) is 0 Å². The normalized spacial score (nSPS) is 24.2. The number of nitrogens with one attached hydrogen (secondary N) is 1. The van der Waals surface area contributed by atoms with E-state index in [1.165, 1.54) is 19.3 Å². The minimum Gasteiger partial charge on any atom is -0.348 e. The minimum atomic E-state index is -0.358. The molecule has 0 bridgehead atoms. The Morgan fingerprint density at radius 3 is 2.44 bits per heavy atom. The Morgan fingerprint density at radius 2 is 1.88 bits per heavy atom. The molecule has 16 heavy (non-hydrogen) atoms. The van der Waals surface area contributed by atoms with E-state index in [-0.39, 0.29) is 17.0 Å². The van der Waals surface area contributed by atoms with Gasteiger partial charge in [-0.05, 0) is 40.7 Å². The fraction of sp³-hybridized carbons (Fsp3) is 0.923. The standard InChI is InChI=1S/C13H26N2O/c1-6-7-8-9-15-10-12(2,3)14-11(16)13(15,4)5/h6-10H2,1-5H3,(H,14,16).